The molecule has 0 saturated heterocycles. The van der Waals surface area contributed by atoms with Crippen LogP contribution >= 0.6 is 11.8 Å². The maximum absolute atomic E-state index is 11.3. The minimum Gasteiger partial charge on any atom is -0.477 e. The fourth-order valence-electron chi connectivity index (χ4n) is 1.37. The summed E-state index contributed by atoms with van der Waals surface area (Å²) < 4.78 is 22.7. The number of hydrogen-bond donors (Lipinski definition) is 1. The Morgan fingerprint density at radius 2 is 1.85 bits per heavy atom. The van der Waals surface area contributed by atoms with Crippen LogP contribution in [-0.2, 0) is 9.84 Å². The van der Waals surface area contributed by atoms with Crippen LogP contribution in [0.2, 0.25) is 0 Å². The summed E-state index contributed by atoms with van der Waals surface area (Å²) in [5.74, 6) is -1.12. The first-order valence-corrected chi connectivity index (χ1v) is 8.11. The first kappa shape index (κ1) is 14.5. The Hall–Kier alpha value is -1.93. The van der Waals surface area contributed by atoms with Crippen LogP contribution in [0.3, 0.4) is 0 Å². The maximum atomic E-state index is 11.3. The van der Waals surface area contributed by atoms with E-state index in [1.807, 2.05) is 0 Å². The van der Waals surface area contributed by atoms with E-state index in [0.29, 0.717) is 0 Å². The van der Waals surface area contributed by atoms with Gasteiger partial charge in [-0.05, 0) is 42.1 Å². The molecule has 0 saturated carbocycles. The molecule has 0 aliphatic carbocycles. The van der Waals surface area contributed by atoms with E-state index < -0.39 is 15.8 Å². The molecule has 1 aromatic heterocycles. The molecule has 1 N–H and O–H groups in total. The minimum absolute atomic E-state index is 0.0877. The molecular formula is C12H10N2O4S2. The van der Waals surface area contributed by atoms with Gasteiger partial charge < -0.3 is 5.11 Å². The number of aromatic nitrogens is 2. The molecule has 2 rings (SSSR count). The Labute approximate surface area is 119 Å². The number of hydrogen-bond acceptors (Lipinski definition) is 6. The first-order chi connectivity index (χ1) is 9.36. The van der Waals surface area contributed by atoms with Gasteiger partial charge in [0, 0.05) is 17.3 Å². The number of carboxylic acids is 1. The summed E-state index contributed by atoms with van der Waals surface area (Å²) in [7, 11) is -3.23. The highest BCUT2D eigenvalue weighted by molar-refractivity contribution is 7.99. The van der Waals surface area contributed by atoms with Gasteiger partial charge in [0.05, 0.1) is 4.90 Å². The number of benzene rings is 1. The summed E-state index contributed by atoms with van der Waals surface area (Å²) >= 11 is 1.16. The van der Waals surface area contributed by atoms with Crippen molar-refractivity contribution in [3.05, 3.63) is 42.2 Å². The number of carbonyl (C=O) groups is 1. The van der Waals surface area contributed by atoms with Gasteiger partial charge in [0.15, 0.2) is 20.7 Å². The van der Waals surface area contributed by atoms with Crippen molar-refractivity contribution >= 4 is 27.6 Å². The molecule has 1 aromatic carbocycles. The summed E-state index contributed by atoms with van der Waals surface area (Å²) in [6, 6.07) is 7.52. The zero-order valence-corrected chi connectivity index (χ0v) is 12.0. The maximum Gasteiger partial charge on any atom is 0.354 e. The van der Waals surface area contributed by atoms with Crippen molar-refractivity contribution in [2.45, 2.75) is 14.9 Å². The zero-order chi connectivity index (χ0) is 14.8. The predicted molar refractivity (Wildman–Crippen MR) is 72.7 cm³/mol. The van der Waals surface area contributed by atoms with Crippen LogP contribution in [0.1, 0.15) is 10.5 Å². The molecule has 0 radical (unpaired) electrons. The summed E-state index contributed by atoms with van der Waals surface area (Å²) in [6.45, 7) is 0. The lowest BCUT2D eigenvalue weighted by molar-refractivity contribution is 0.0689. The van der Waals surface area contributed by atoms with E-state index >= 15 is 0 Å². The molecule has 8 heteroatoms. The van der Waals surface area contributed by atoms with E-state index in [1.54, 1.807) is 12.1 Å². The van der Waals surface area contributed by atoms with Crippen LogP contribution in [0.15, 0.2) is 51.5 Å². The van der Waals surface area contributed by atoms with Gasteiger partial charge >= 0.3 is 5.97 Å². The van der Waals surface area contributed by atoms with Gasteiger partial charge in [-0.25, -0.2) is 23.2 Å². The molecule has 104 valence electrons. The van der Waals surface area contributed by atoms with Crippen LogP contribution in [-0.4, -0.2) is 35.7 Å². The minimum atomic E-state index is -3.23. The average molecular weight is 310 g/mol. The summed E-state index contributed by atoms with van der Waals surface area (Å²) in [5.41, 5.74) is -0.0877. The van der Waals surface area contributed by atoms with Gasteiger partial charge in [-0.3, -0.25) is 0 Å². The monoisotopic (exact) mass is 310 g/mol. The highest BCUT2D eigenvalue weighted by atomic mass is 32.2. The Morgan fingerprint density at radius 1 is 1.20 bits per heavy atom. The standard InChI is InChI=1S/C12H10N2O4S2/c1-20(17,18)9-4-2-8(3-5-9)19-12-13-7-6-10(14-12)11(15)16/h2-7H,1H3,(H,15,16). The Kier molecular flexibility index (Phi) is 4.05. The van der Waals surface area contributed by atoms with Crippen molar-refractivity contribution in [1.29, 1.82) is 0 Å². The Morgan fingerprint density at radius 3 is 2.40 bits per heavy atom. The average Bonchev–Trinajstić information content (AvgIpc) is 2.38. The smallest absolute Gasteiger partial charge is 0.354 e. The Balaban J connectivity index is 2.22. The van der Waals surface area contributed by atoms with Crippen molar-refractivity contribution < 1.29 is 18.3 Å². The quantitative estimate of drug-likeness (QED) is 0.859. The molecule has 0 unspecified atom stereocenters. The number of rotatable bonds is 4. The largest absolute Gasteiger partial charge is 0.477 e. The van der Waals surface area contributed by atoms with Crippen molar-refractivity contribution in [3.8, 4) is 0 Å². The van der Waals surface area contributed by atoms with Gasteiger partial charge in [-0.1, -0.05) is 0 Å². The van der Waals surface area contributed by atoms with Crippen molar-refractivity contribution in [3.63, 3.8) is 0 Å². The predicted octanol–water partition coefficient (Wildman–Crippen LogP) is 1.73. The second-order valence-corrected chi connectivity index (χ2v) is 6.93. The fourth-order valence-corrected chi connectivity index (χ4v) is 2.74. The fraction of sp³-hybridized carbons (Fsp3) is 0.0833. The first-order valence-electron chi connectivity index (χ1n) is 5.40. The molecule has 6 nitrogen and oxygen atoms in total. The molecule has 0 spiro atoms. The normalized spacial score (nSPS) is 11.2. The number of carboxylic acid groups (broad SMARTS) is 1. The lowest BCUT2D eigenvalue weighted by atomic mass is 10.4. The molecule has 0 amide bonds. The van der Waals surface area contributed by atoms with Crippen LogP contribution in [0.4, 0.5) is 0 Å². The van der Waals surface area contributed by atoms with Crippen molar-refractivity contribution in [2.75, 3.05) is 6.26 Å². The van der Waals surface area contributed by atoms with Crippen molar-refractivity contribution in [1.82, 2.24) is 9.97 Å². The van der Waals surface area contributed by atoms with Gasteiger partial charge in [0.2, 0.25) is 0 Å². The second kappa shape index (κ2) is 5.59. The van der Waals surface area contributed by atoms with Gasteiger partial charge in [-0.15, -0.1) is 0 Å². The van der Waals surface area contributed by atoms with Crippen LogP contribution in [0.25, 0.3) is 0 Å². The van der Waals surface area contributed by atoms with E-state index in [4.69, 9.17) is 5.11 Å². The Bertz CT molecular complexity index is 742. The highest BCUT2D eigenvalue weighted by Gasteiger charge is 2.09. The summed E-state index contributed by atoms with van der Waals surface area (Å²) in [4.78, 5) is 19.6. The summed E-state index contributed by atoms with van der Waals surface area (Å²) in [6.07, 6.45) is 2.50. The van der Waals surface area contributed by atoms with Crippen LogP contribution < -0.4 is 0 Å². The second-order valence-electron chi connectivity index (χ2n) is 3.88. The van der Waals surface area contributed by atoms with Gasteiger partial charge in [0.1, 0.15) is 0 Å². The van der Waals surface area contributed by atoms with Gasteiger partial charge in [0.25, 0.3) is 0 Å². The number of sulfone groups is 1. The molecular weight excluding hydrogens is 300 g/mol. The molecule has 0 fully saturated rings. The molecule has 1 heterocycles. The third-order valence-electron chi connectivity index (χ3n) is 2.31. The molecule has 0 aliphatic rings. The molecule has 20 heavy (non-hydrogen) atoms. The van der Waals surface area contributed by atoms with Gasteiger partial charge in [-0.2, -0.15) is 0 Å². The molecule has 2 aromatic rings. The number of nitrogens with zero attached hydrogens (tertiary/aromatic N) is 2. The third-order valence-corrected chi connectivity index (χ3v) is 4.33. The zero-order valence-electron chi connectivity index (χ0n) is 10.3. The van der Waals surface area contributed by atoms with Crippen LogP contribution in [0.5, 0.6) is 0 Å². The van der Waals surface area contributed by atoms with E-state index in [9.17, 15) is 13.2 Å². The van der Waals surface area contributed by atoms with E-state index in [0.717, 1.165) is 22.9 Å². The van der Waals surface area contributed by atoms with E-state index in [2.05, 4.69) is 9.97 Å². The lowest BCUT2D eigenvalue weighted by Gasteiger charge is -2.02. The van der Waals surface area contributed by atoms with Crippen LogP contribution in [0, 0.1) is 0 Å². The molecule has 0 bridgehead atoms. The lowest BCUT2D eigenvalue weighted by Crippen LogP contribution is -2.01. The SMILES string of the molecule is CS(=O)(=O)c1ccc(Sc2nccc(C(=O)O)n2)cc1. The third kappa shape index (κ3) is 3.55. The highest BCUT2D eigenvalue weighted by Crippen LogP contribution is 2.25. The topological polar surface area (TPSA) is 97.2 Å². The summed E-state index contributed by atoms with van der Waals surface area (Å²) in [5, 5.41) is 9.12. The number of aromatic carboxylic acids is 1. The van der Waals surface area contributed by atoms with E-state index in [1.165, 1.54) is 24.4 Å². The van der Waals surface area contributed by atoms with E-state index in [-0.39, 0.29) is 15.7 Å². The van der Waals surface area contributed by atoms with Crippen molar-refractivity contribution in [2.24, 2.45) is 0 Å². The molecule has 0 aliphatic heterocycles. The molecule has 0 atom stereocenters.